The van der Waals surface area contributed by atoms with Crippen LogP contribution in [0.5, 0.6) is 0 Å². The minimum atomic E-state index is -0.744. The Morgan fingerprint density at radius 1 is 1.05 bits per heavy atom. The normalized spacial score (nSPS) is 26.3. The topological polar surface area (TPSA) is 128 Å². The van der Waals surface area contributed by atoms with E-state index in [1.807, 2.05) is 59.2 Å². The van der Waals surface area contributed by atoms with Gasteiger partial charge < -0.3 is 25.4 Å². The van der Waals surface area contributed by atoms with Gasteiger partial charge in [0.15, 0.2) is 5.16 Å². The monoisotopic (exact) mass is 616 g/mol. The van der Waals surface area contributed by atoms with Crippen LogP contribution < -0.4 is 10.6 Å². The molecule has 5 atom stereocenters. The number of aromatic amines is 1. The number of benzene rings is 2. The van der Waals surface area contributed by atoms with Gasteiger partial charge in [0.2, 0.25) is 23.6 Å². The Balaban J connectivity index is 1.18. The van der Waals surface area contributed by atoms with E-state index in [-0.39, 0.29) is 53.7 Å². The minimum Gasteiger partial charge on any atom is -0.345 e. The molecule has 2 bridgehead atoms. The standard InChI is InChI=1S/C33H40N6O4S/c1-20-11-12-25-26(13-20)37-33(36-25)44-19-30(41)38-16-23-14-24(18-38)28-9-6-10-29(40)34-21(2)31(42)35-27(32(43)39(28)17-23)15-22-7-4-3-5-8-22/h3-5,7-8,11-13,21,23-24,27-28H,6,9-10,14-19H2,1-2H3,(H,34,40)(H,35,42)(H,36,37)/t21-,23+,24-,27+,28+/m1/s1. The molecule has 1 aromatic heterocycles. The summed E-state index contributed by atoms with van der Waals surface area (Å²) in [7, 11) is 0. The molecule has 3 aliphatic heterocycles. The summed E-state index contributed by atoms with van der Waals surface area (Å²) >= 11 is 1.42. The van der Waals surface area contributed by atoms with Gasteiger partial charge in [-0.2, -0.15) is 0 Å². The van der Waals surface area contributed by atoms with Gasteiger partial charge in [-0.3, -0.25) is 19.2 Å². The van der Waals surface area contributed by atoms with Crippen molar-refractivity contribution >= 4 is 46.4 Å². The van der Waals surface area contributed by atoms with Crippen molar-refractivity contribution in [3.63, 3.8) is 0 Å². The summed E-state index contributed by atoms with van der Waals surface area (Å²) in [5.41, 5.74) is 3.95. The van der Waals surface area contributed by atoms with Crippen LogP contribution in [-0.2, 0) is 25.6 Å². The molecule has 11 heteroatoms. The number of amides is 4. The number of nitrogens with one attached hydrogen (secondary N) is 3. The molecule has 3 aliphatic rings. The molecule has 2 aromatic carbocycles. The van der Waals surface area contributed by atoms with Crippen molar-refractivity contribution in [1.82, 2.24) is 30.4 Å². The molecule has 0 saturated carbocycles. The summed E-state index contributed by atoms with van der Waals surface area (Å²) in [4.78, 5) is 65.3. The second kappa shape index (κ2) is 13.0. The summed E-state index contributed by atoms with van der Waals surface area (Å²) in [6, 6.07) is 14.2. The minimum absolute atomic E-state index is 0.0665. The van der Waals surface area contributed by atoms with Gasteiger partial charge in [0.1, 0.15) is 12.1 Å². The molecule has 3 N–H and O–H groups in total. The van der Waals surface area contributed by atoms with Crippen LogP contribution in [0.3, 0.4) is 0 Å². The smallest absolute Gasteiger partial charge is 0.245 e. The molecule has 4 amide bonds. The first-order valence-corrected chi connectivity index (χ1v) is 16.5. The average molecular weight is 617 g/mol. The van der Waals surface area contributed by atoms with Crippen LogP contribution in [0.4, 0.5) is 0 Å². The lowest BCUT2D eigenvalue weighted by atomic mass is 9.77. The lowest BCUT2D eigenvalue weighted by Gasteiger charge is -2.51. The molecular formula is C33H40N6O4S. The molecule has 10 nitrogen and oxygen atoms in total. The number of H-pyrrole nitrogens is 1. The lowest BCUT2D eigenvalue weighted by molar-refractivity contribution is -0.148. The van der Waals surface area contributed by atoms with Crippen LogP contribution in [0.25, 0.3) is 11.0 Å². The Kier molecular flexibility index (Phi) is 8.93. The van der Waals surface area contributed by atoms with E-state index >= 15 is 0 Å². The Morgan fingerprint density at radius 3 is 2.68 bits per heavy atom. The Labute approximate surface area is 261 Å². The highest BCUT2D eigenvalue weighted by molar-refractivity contribution is 7.99. The molecule has 3 saturated heterocycles. The fourth-order valence-corrected chi connectivity index (χ4v) is 7.75. The van der Waals surface area contributed by atoms with Crippen LogP contribution in [0.15, 0.2) is 53.7 Å². The molecule has 0 aliphatic carbocycles. The number of hydrogen-bond acceptors (Lipinski definition) is 6. The zero-order valence-electron chi connectivity index (χ0n) is 25.3. The largest absolute Gasteiger partial charge is 0.345 e. The number of carbonyl (C=O) groups excluding carboxylic acids is 4. The van der Waals surface area contributed by atoms with Gasteiger partial charge in [0.25, 0.3) is 0 Å². The Morgan fingerprint density at radius 2 is 1.86 bits per heavy atom. The molecule has 4 heterocycles. The van der Waals surface area contributed by atoms with Gasteiger partial charge in [-0.25, -0.2) is 4.98 Å². The van der Waals surface area contributed by atoms with Crippen molar-refractivity contribution in [3.8, 4) is 0 Å². The number of likely N-dealkylation sites (tertiary alicyclic amines) is 1. The number of fused-ring (bicyclic) bond motifs is 5. The van der Waals surface area contributed by atoms with Crippen molar-refractivity contribution in [3.05, 3.63) is 59.7 Å². The lowest BCUT2D eigenvalue weighted by Crippen LogP contribution is -2.64. The summed E-state index contributed by atoms with van der Waals surface area (Å²) in [5, 5.41) is 6.47. The molecule has 232 valence electrons. The zero-order chi connectivity index (χ0) is 30.8. The highest BCUT2D eigenvalue weighted by Gasteiger charge is 2.45. The molecule has 0 radical (unpaired) electrons. The quantitative estimate of drug-likeness (QED) is 0.378. The summed E-state index contributed by atoms with van der Waals surface area (Å²) in [5.74, 6) is -0.00987. The SMILES string of the molecule is Cc1ccc2nc(SCC(=O)N3C[C@@H]4C[C@H](C3)[C@@H]3CCCC(=O)N[C@H](C)C(=O)N[C@@H](Cc5ccccc5)C(=O)N3C4)[nH]c2c1. The van der Waals surface area contributed by atoms with Crippen LogP contribution in [-0.4, -0.2) is 86.9 Å². The molecule has 3 fully saturated rings. The van der Waals surface area contributed by atoms with E-state index in [9.17, 15) is 19.2 Å². The third-order valence-corrected chi connectivity index (χ3v) is 9.98. The molecule has 3 aromatic rings. The molecule has 0 spiro atoms. The third kappa shape index (κ3) is 6.77. The first-order valence-electron chi connectivity index (χ1n) is 15.5. The predicted molar refractivity (Wildman–Crippen MR) is 169 cm³/mol. The number of piperidine rings is 2. The van der Waals surface area contributed by atoms with Crippen molar-refractivity contribution in [1.29, 1.82) is 0 Å². The maximum absolute atomic E-state index is 14.2. The van der Waals surface area contributed by atoms with Gasteiger partial charge in [-0.15, -0.1) is 0 Å². The van der Waals surface area contributed by atoms with Crippen LogP contribution in [0.2, 0.25) is 0 Å². The highest BCUT2D eigenvalue weighted by atomic mass is 32.2. The summed E-state index contributed by atoms with van der Waals surface area (Å²) in [6.07, 6.45) is 2.87. The van der Waals surface area contributed by atoms with Gasteiger partial charge in [0, 0.05) is 38.5 Å². The Bertz CT molecular complexity index is 1540. The molecule has 0 unspecified atom stereocenters. The van der Waals surface area contributed by atoms with Gasteiger partial charge in [0.05, 0.1) is 16.8 Å². The van der Waals surface area contributed by atoms with Crippen molar-refractivity contribution in [2.75, 3.05) is 25.4 Å². The van der Waals surface area contributed by atoms with Crippen LogP contribution in [0, 0.1) is 18.8 Å². The highest BCUT2D eigenvalue weighted by Crippen LogP contribution is 2.36. The van der Waals surface area contributed by atoms with E-state index in [0.29, 0.717) is 38.9 Å². The molecular weight excluding hydrogens is 576 g/mol. The number of imidazole rings is 1. The Hall–Kier alpha value is -3.86. The van der Waals surface area contributed by atoms with Crippen molar-refractivity contribution in [2.45, 2.75) is 69.2 Å². The molecule has 6 rings (SSSR count). The molecule has 44 heavy (non-hydrogen) atoms. The first-order chi connectivity index (χ1) is 21.2. The fourth-order valence-electron chi connectivity index (χ4n) is 6.96. The second-order valence-electron chi connectivity index (χ2n) is 12.5. The zero-order valence-corrected chi connectivity index (χ0v) is 26.1. The first kappa shape index (κ1) is 30.2. The fraction of sp³-hybridized carbons (Fsp3) is 0.485. The number of nitrogens with zero attached hydrogens (tertiary/aromatic N) is 3. The van der Waals surface area contributed by atoms with Gasteiger partial charge in [-0.05, 0) is 68.2 Å². The summed E-state index contributed by atoms with van der Waals surface area (Å²) < 4.78 is 0. The number of thioether (sulfide) groups is 1. The number of hydrogen-bond donors (Lipinski definition) is 3. The van der Waals surface area contributed by atoms with E-state index in [2.05, 4.69) is 26.7 Å². The van der Waals surface area contributed by atoms with Gasteiger partial charge in [-0.1, -0.05) is 48.2 Å². The number of carbonyl (C=O) groups is 4. The maximum atomic E-state index is 14.2. The third-order valence-electron chi connectivity index (χ3n) is 9.12. The predicted octanol–water partition coefficient (Wildman–Crippen LogP) is 3.06. The maximum Gasteiger partial charge on any atom is 0.245 e. The van der Waals surface area contributed by atoms with Crippen LogP contribution >= 0.6 is 11.8 Å². The van der Waals surface area contributed by atoms with E-state index in [0.717, 1.165) is 33.7 Å². The van der Waals surface area contributed by atoms with Crippen molar-refractivity contribution in [2.24, 2.45) is 11.8 Å². The number of rotatable bonds is 5. The van der Waals surface area contributed by atoms with E-state index in [1.54, 1.807) is 6.92 Å². The van der Waals surface area contributed by atoms with E-state index in [4.69, 9.17) is 0 Å². The number of aryl methyl sites for hydroxylation is 1. The van der Waals surface area contributed by atoms with Gasteiger partial charge >= 0.3 is 0 Å². The average Bonchev–Trinajstić information content (AvgIpc) is 3.42. The second-order valence-corrected chi connectivity index (χ2v) is 13.5. The van der Waals surface area contributed by atoms with Crippen LogP contribution in [0.1, 0.15) is 43.7 Å². The van der Waals surface area contributed by atoms with E-state index < -0.39 is 12.1 Å². The number of aromatic nitrogens is 2. The summed E-state index contributed by atoms with van der Waals surface area (Å²) in [6.45, 7) is 5.39. The van der Waals surface area contributed by atoms with E-state index in [1.165, 1.54) is 11.8 Å². The van der Waals surface area contributed by atoms with Crippen molar-refractivity contribution < 1.29 is 19.2 Å².